The van der Waals surface area contributed by atoms with Gasteiger partial charge in [-0.25, -0.2) is 18.6 Å². The Labute approximate surface area is 273 Å². The number of esters is 1. The van der Waals surface area contributed by atoms with Gasteiger partial charge in [-0.3, -0.25) is 0 Å². The second-order valence-electron chi connectivity index (χ2n) is 13.2. The summed E-state index contributed by atoms with van der Waals surface area (Å²) in [7, 11) is 1.33. The summed E-state index contributed by atoms with van der Waals surface area (Å²) < 4.78 is 33.3. The van der Waals surface area contributed by atoms with Gasteiger partial charge in [0.1, 0.15) is 5.84 Å². The van der Waals surface area contributed by atoms with Crippen molar-refractivity contribution in [3.05, 3.63) is 117 Å². The van der Waals surface area contributed by atoms with Gasteiger partial charge in [-0.15, -0.1) is 0 Å². The number of likely N-dealkylation sites (tertiary alicyclic amines) is 1. The molecule has 1 fully saturated rings. The van der Waals surface area contributed by atoms with E-state index in [-0.39, 0.29) is 5.41 Å². The highest BCUT2D eigenvalue weighted by Crippen LogP contribution is 2.43. The summed E-state index contributed by atoms with van der Waals surface area (Å²) in [6, 6.07) is 21.2. The lowest BCUT2D eigenvalue weighted by Gasteiger charge is -2.44. The first-order chi connectivity index (χ1) is 22.0. The maximum Gasteiger partial charge on any atom is 0.338 e. The quantitative estimate of drug-likeness (QED) is 0.212. The Morgan fingerprint density at radius 3 is 2.33 bits per heavy atom. The second-order valence-corrected chi connectivity index (χ2v) is 13.2. The first kappa shape index (κ1) is 33.5. The number of amidine groups is 1. The number of aliphatic imine (C=N–C) groups is 1. The number of carbonyl (C=O) groups excluding carboxylic acids is 1. The molecule has 0 saturated carbocycles. The molecule has 0 spiro atoms. The van der Waals surface area contributed by atoms with Crippen LogP contribution >= 0.6 is 0 Å². The van der Waals surface area contributed by atoms with Gasteiger partial charge < -0.3 is 14.5 Å². The van der Waals surface area contributed by atoms with Gasteiger partial charge in [0, 0.05) is 18.5 Å². The molecule has 2 aliphatic heterocycles. The molecular formula is C39H47F2N3O2. The molecule has 2 atom stereocenters. The largest absolute Gasteiger partial charge is 0.466 e. The molecule has 46 heavy (non-hydrogen) atoms. The number of nitrogens with zero attached hydrogens (tertiary/aromatic N) is 3. The monoisotopic (exact) mass is 627 g/mol. The van der Waals surface area contributed by atoms with Gasteiger partial charge in [-0.1, -0.05) is 67.1 Å². The first-order valence-electron chi connectivity index (χ1n) is 16.5. The summed E-state index contributed by atoms with van der Waals surface area (Å²) in [6.45, 7) is 14.1. The van der Waals surface area contributed by atoms with Crippen LogP contribution in [0.25, 0.3) is 0 Å². The predicted octanol–water partition coefficient (Wildman–Crippen LogP) is 8.30. The highest BCUT2D eigenvalue weighted by molar-refractivity contribution is 5.95. The molecule has 0 N–H and O–H groups in total. The van der Waals surface area contributed by atoms with E-state index in [1.165, 1.54) is 41.5 Å². The number of halogens is 2. The lowest BCUT2D eigenvalue weighted by molar-refractivity contribution is -0.136. The molecule has 0 aromatic heterocycles. The number of methoxy groups -OCH3 is 1. The SMILES string of the molecule is COC(=O)C1=C(C)N=C(C)N(CCCC(C)CN2CCC(c3ccc(C)cc3)(c3ccccc3C)CC2)C1c1ccc(F)c(F)c1. The number of carbonyl (C=O) groups is 1. The normalized spacial score (nSPS) is 19.2. The predicted molar refractivity (Wildman–Crippen MR) is 181 cm³/mol. The van der Waals surface area contributed by atoms with Gasteiger partial charge in [0.2, 0.25) is 0 Å². The third kappa shape index (κ3) is 6.95. The number of benzene rings is 3. The minimum atomic E-state index is -0.941. The van der Waals surface area contributed by atoms with Crippen molar-refractivity contribution < 1.29 is 18.3 Å². The molecule has 3 aromatic rings. The topological polar surface area (TPSA) is 45.1 Å². The van der Waals surface area contributed by atoms with Gasteiger partial charge >= 0.3 is 5.97 Å². The van der Waals surface area contributed by atoms with Crippen LogP contribution in [0.2, 0.25) is 0 Å². The average Bonchev–Trinajstić information content (AvgIpc) is 3.04. The molecule has 244 valence electrons. The Morgan fingerprint density at radius 2 is 1.67 bits per heavy atom. The zero-order valence-electron chi connectivity index (χ0n) is 28.1. The Morgan fingerprint density at radius 1 is 0.978 bits per heavy atom. The molecular weight excluding hydrogens is 580 g/mol. The van der Waals surface area contributed by atoms with Gasteiger partial charge in [0.05, 0.1) is 24.4 Å². The number of hydrogen-bond donors (Lipinski definition) is 0. The molecule has 0 aliphatic carbocycles. The molecule has 2 aliphatic rings. The molecule has 5 nitrogen and oxygen atoms in total. The van der Waals surface area contributed by atoms with Crippen LogP contribution < -0.4 is 0 Å². The van der Waals surface area contributed by atoms with Crippen LogP contribution in [0.4, 0.5) is 8.78 Å². The van der Waals surface area contributed by atoms with E-state index in [4.69, 9.17) is 4.74 Å². The fraction of sp³-hybridized carbons (Fsp3) is 0.436. The van der Waals surface area contributed by atoms with Crippen molar-refractivity contribution in [2.24, 2.45) is 10.9 Å². The zero-order chi connectivity index (χ0) is 33.0. The van der Waals surface area contributed by atoms with E-state index in [1.54, 1.807) is 6.92 Å². The Balaban J connectivity index is 1.25. The number of hydrogen-bond acceptors (Lipinski definition) is 5. The number of ether oxygens (including phenoxy) is 1. The Hall–Kier alpha value is -3.84. The van der Waals surface area contributed by atoms with Crippen molar-refractivity contribution in [3.63, 3.8) is 0 Å². The molecule has 2 unspecified atom stereocenters. The summed E-state index contributed by atoms with van der Waals surface area (Å²) in [5.74, 6) is -1.17. The molecule has 7 heteroatoms. The molecule has 0 amide bonds. The standard InChI is InChI=1S/C39H47F2N3O2/c1-26-13-16-32(17-14-26)39(33-12-8-7-11-28(33)3)19-22-43(23-20-39)25-27(2)10-9-21-44-30(5)42-29(4)36(38(45)46-6)37(44)31-15-18-34(40)35(41)24-31/h7-8,11-18,24,27,37H,9-10,19-23,25H2,1-6H3. The van der Waals surface area contributed by atoms with Crippen LogP contribution in [0.5, 0.6) is 0 Å². The molecule has 1 saturated heterocycles. The van der Waals surface area contributed by atoms with E-state index in [0.717, 1.165) is 57.2 Å². The van der Waals surface area contributed by atoms with Crippen molar-refractivity contribution in [2.75, 3.05) is 33.3 Å². The summed E-state index contributed by atoms with van der Waals surface area (Å²) in [4.78, 5) is 22.2. The van der Waals surface area contributed by atoms with Crippen molar-refractivity contribution in [3.8, 4) is 0 Å². The lowest BCUT2D eigenvalue weighted by atomic mass is 9.66. The van der Waals surface area contributed by atoms with Crippen LogP contribution in [-0.4, -0.2) is 54.9 Å². The number of rotatable bonds is 10. The lowest BCUT2D eigenvalue weighted by Crippen LogP contribution is -2.45. The van der Waals surface area contributed by atoms with Gasteiger partial charge in [-0.05, 0) is 107 Å². The number of aryl methyl sites for hydroxylation is 2. The van der Waals surface area contributed by atoms with Crippen LogP contribution in [0.1, 0.15) is 80.3 Å². The van der Waals surface area contributed by atoms with E-state index < -0.39 is 23.6 Å². The van der Waals surface area contributed by atoms with E-state index in [9.17, 15) is 13.6 Å². The van der Waals surface area contributed by atoms with Gasteiger partial charge in [0.25, 0.3) is 0 Å². The molecule has 5 rings (SSSR count). The fourth-order valence-electron chi connectivity index (χ4n) is 7.55. The van der Waals surface area contributed by atoms with Gasteiger partial charge in [-0.2, -0.15) is 0 Å². The van der Waals surface area contributed by atoms with Crippen LogP contribution in [0, 0.1) is 31.4 Å². The number of piperidine rings is 1. The van der Waals surface area contributed by atoms with E-state index in [1.807, 2.05) is 11.8 Å². The minimum Gasteiger partial charge on any atom is -0.466 e. The van der Waals surface area contributed by atoms with Crippen LogP contribution in [0.3, 0.4) is 0 Å². The third-order valence-corrected chi connectivity index (χ3v) is 10.0. The summed E-state index contributed by atoms with van der Waals surface area (Å²) in [5, 5.41) is 0. The molecule has 3 aromatic carbocycles. The van der Waals surface area contributed by atoms with Crippen molar-refractivity contribution in [1.29, 1.82) is 0 Å². The Kier molecular flexibility index (Phi) is 10.4. The molecule has 0 bridgehead atoms. The maximum atomic E-state index is 14.4. The van der Waals surface area contributed by atoms with E-state index in [2.05, 4.69) is 79.2 Å². The van der Waals surface area contributed by atoms with E-state index in [0.29, 0.717) is 29.3 Å². The first-order valence-corrected chi connectivity index (χ1v) is 16.5. The molecule has 2 heterocycles. The third-order valence-electron chi connectivity index (χ3n) is 10.0. The molecule has 0 radical (unpaired) electrons. The average molecular weight is 628 g/mol. The van der Waals surface area contributed by atoms with E-state index >= 15 is 0 Å². The van der Waals surface area contributed by atoms with Crippen LogP contribution in [0.15, 0.2) is 83.0 Å². The zero-order valence-corrected chi connectivity index (χ0v) is 28.1. The minimum absolute atomic E-state index is 0.0156. The van der Waals surface area contributed by atoms with Crippen molar-refractivity contribution in [2.45, 2.75) is 71.8 Å². The smallest absolute Gasteiger partial charge is 0.338 e. The second kappa shape index (κ2) is 14.3. The highest BCUT2D eigenvalue weighted by Gasteiger charge is 2.39. The van der Waals surface area contributed by atoms with Crippen molar-refractivity contribution >= 4 is 11.8 Å². The van der Waals surface area contributed by atoms with Gasteiger partial charge in [0.15, 0.2) is 11.6 Å². The summed E-state index contributed by atoms with van der Waals surface area (Å²) >= 11 is 0. The van der Waals surface area contributed by atoms with Crippen molar-refractivity contribution in [1.82, 2.24) is 9.80 Å². The maximum absolute atomic E-state index is 14.4. The number of allylic oxidation sites excluding steroid dienone is 1. The van der Waals surface area contributed by atoms with Crippen LogP contribution in [-0.2, 0) is 14.9 Å². The summed E-state index contributed by atoms with van der Waals surface area (Å²) in [6.07, 6.45) is 4.01. The fourth-order valence-corrected chi connectivity index (χ4v) is 7.55. The Bertz CT molecular complexity index is 1610. The summed E-state index contributed by atoms with van der Waals surface area (Å²) in [5.41, 5.74) is 6.88. The highest BCUT2D eigenvalue weighted by atomic mass is 19.2.